The van der Waals surface area contributed by atoms with Crippen LogP contribution in [0.4, 0.5) is 24.5 Å². The lowest BCUT2D eigenvalue weighted by Crippen LogP contribution is -2.49. The van der Waals surface area contributed by atoms with Gasteiger partial charge >= 0.3 is 6.18 Å². The van der Waals surface area contributed by atoms with Crippen LogP contribution in [-0.2, 0) is 29.2 Å². The number of aliphatic hydroxyl groups excluding tert-OH is 1. The minimum atomic E-state index is -4.47. The summed E-state index contributed by atoms with van der Waals surface area (Å²) in [5.41, 5.74) is 0.839. The highest BCUT2D eigenvalue weighted by molar-refractivity contribution is 7.92. The Morgan fingerprint density at radius 3 is 2.33 bits per heavy atom. The van der Waals surface area contributed by atoms with Crippen molar-refractivity contribution in [2.45, 2.75) is 31.3 Å². The second-order valence-electron chi connectivity index (χ2n) is 9.92. The molecule has 0 aliphatic heterocycles. The van der Waals surface area contributed by atoms with E-state index in [9.17, 15) is 31.5 Å². The van der Waals surface area contributed by atoms with Gasteiger partial charge in [-0.15, -0.1) is 0 Å². The van der Waals surface area contributed by atoms with Crippen LogP contribution >= 0.6 is 0 Å². The van der Waals surface area contributed by atoms with Crippen LogP contribution in [0.1, 0.15) is 27.0 Å². The number of carbonyl (C=O) groups is 1. The van der Waals surface area contributed by atoms with E-state index in [-0.39, 0.29) is 36.4 Å². The number of aromatic nitrogens is 1. The molecular formula is C31H31F3N4O4S. The minimum Gasteiger partial charge on any atom is -0.390 e. The van der Waals surface area contributed by atoms with E-state index in [4.69, 9.17) is 0 Å². The van der Waals surface area contributed by atoms with Gasteiger partial charge in [0, 0.05) is 19.3 Å². The van der Waals surface area contributed by atoms with Gasteiger partial charge in [-0.25, -0.2) is 12.7 Å². The maximum Gasteiger partial charge on any atom is 0.416 e. The van der Waals surface area contributed by atoms with Gasteiger partial charge in [0.05, 0.1) is 47.1 Å². The summed E-state index contributed by atoms with van der Waals surface area (Å²) in [5.74, 6) is -0.619. The summed E-state index contributed by atoms with van der Waals surface area (Å²) in [5, 5.41) is 17.0. The third-order valence-electron chi connectivity index (χ3n) is 6.60. The Hall–Kier alpha value is -4.26. The van der Waals surface area contributed by atoms with Gasteiger partial charge in [0.25, 0.3) is 5.91 Å². The zero-order valence-electron chi connectivity index (χ0n) is 23.2. The van der Waals surface area contributed by atoms with E-state index >= 15 is 0 Å². The quantitative estimate of drug-likeness (QED) is 0.214. The number of para-hydroxylation sites is 1. The van der Waals surface area contributed by atoms with Crippen LogP contribution < -0.4 is 14.9 Å². The topological polar surface area (TPSA) is 112 Å². The number of hydrogen-bond acceptors (Lipinski definition) is 6. The lowest BCUT2D eigenvalue weighted by atomic mass is 10.00. The molecule has 0 spiro atoms. The van der Waals surface area contributed by atoms with E-state index in [1.165, 1.54) is 30.6 Å². The van der Waals surface area contributed by atoms with Crippen LogP contribution in [0.3, 0.4) is 0 Å². The number of anilines is 2. The Kier molecular flexibility index (Phi) is 10.2. The summed E-state index contributed by atoms with van der Waals surface area (Å²) in [7, 11) is -3.89. The molecule has 0 aliphatic carbocycles. The molecule has 4 rings (SSSR count). The molecule has 43 heavy (non-hydrogen) atoms. The van der Waals surface area contributed by atoms with Crippen LogP contribution in [-0.4, -0.2) is 49.4 Å². The molecule has 0 aliphatic rings. The predicted molar refractivity (Wildman–Crippen MR) is 158 cm³/mol. The minimum absolute atomic E-state index is 0.0409. The molecule has 3 N–H and O–H groups in total. The summed E-state index contributed by atoms with van der Waals surface area (Å²) in [6.45, 7) is 0.0189. The number of amides is 1. The molecule has 0 saturated carbocycles. The average Bonchev–Trinajstić information content (AvgIpc) is 2.97. The highest BCUT2D eigenvalue weighted by Crippen LogP contribution is 2.31. The number of halogens is 3. The largest absolute Gasteiger partial charge is 0.416 e. The number of carbonyl (C=O) groups excluding carboxylic acids is 1. The molecule has 0 bridgehead atoms. The average molecular weight is 613 g/mol. The second-order valence-corrected chi connectivity index (χ2v) is 11.8. The fourth-order valence-electron chi connectivity index (χ4n) is 4.59. The smallest absolute Gasteiger partial charge is 0.390 e. The molecule has 8 nitrogen and oxygen atoms in total. The molecule has 1 amide bonds. The molecule has 3 aromatic carbocycles. The number of pyridine rings is 1. The molecule has 4 aromatic rings. The molecule has 2 atom stereocenters. The number of alkyl halides is 3. The van der Waals surface area contributed by atoms with Crippen molar-refractivity contribution in [1.29, 1.82) is 0 Å². The monoisotopic (exact) mass is 612 g/mol. The third kappa shape index (κ3) is 8.63. The van der Waals surface area contributed by atoms with Gasteiger partial charge in [-0.2, -0.15) is 13.2 Å². The number of benzene rings is 3. The van der Waals surface area contributed by atoms with E-state index in [0.717, 1.165) is 28.3 Å². The van der Waals surface area contributed by atoms with Gasteiger partial charge in [-0.3, -0.25) is 9.78 Å². The summed E-state index contributed by atoms with van der Waals surface area (Å²) in [6.07, 6.45) is -1.49. The fraction of sp³-hybridized carbons (Fsp3) is 0.226. The van der Waals surface area contributed by atoms with Crippen molar-refractivity contribution >= 4 is 27.3 Å². The molecule has 0 saturated heterocycles. The maximum absolute atomic E-state index is 13.7. The maximum atomic E-state index is 13.7. The SMILES string of the molecule is CS(=O)(=O)N(c1cccnc1)c1ccccc1C(=O)N[C@@H](Cc1ccccc1)[C@H](O)CNCc1cccc(C(F)(F)F)c1. The van der Waals surface area contributed by atoms with Gasteiger partial charge in [-0.1, -0.05) is 60.7 Å². The first-order chi connectivity index (χ1) is 20.4. The summed E-state index contributed by atoms with van der Waals surface area (Å²) >= 11 is 0. The number of sulfonamides is 1. The number of nitrogens with one attached hydrogen (secondary N) is 2. The van der Waals surface area contributed by atoms with Crippen LogP contribution in [0.2, 0.25) is 0 Å². The van der Waals surface area contributed by atoms with Crippen molar-refractivity contribution in [3.8, 4) is 0 Å². The first-order valence-corrected chi connectivity index (χ1v) is 15.2. The molecule has 0 unspecified atom stereocenters. The van der Waals surface area contributed by atoms with E-state index in [2.05, 4.69) is 15.6 Å². The van der Waals surface area contributed by atoms with Crippen LogP contribution in [0.25, 0.3) is 0 Å². The normalized spacial score (nSPS) is 13.2. The Morgan fingerprint density at radius 2 is 1.65 bits per heavy atom. The van der Waals surface area contributed by atoms with E-state index in [0.29, 0.717) is 5.56 Å². The lowest BCUT2D eigenvalue weighted by molar-refractivity contribution is -0.137. The number of hydrogen-bond donors (Lipinski definition) is 3. The van der Waals surface area contributed by atoms with Crippen LogP contribution in [0, 0.1) is 0 Å². The zero-order valence-corrected chi connectivity index (χ0v) is 24.0. The summed E-state index contributed by atoms with van der Waals surface area (Å²) in [4.78, 5) is 17.7. The Bertz CT molecular complexity index is 1620. The first-order valence-electron chi connectivity index (χ1n) is 13.3. The second kappa shape index (κ2) is 13.8. The van der Waals surface area contributed by atoms with Gasteiger partial charge in [0.2, 0.25) is 10.0 Å². The fourth-order valence-corrected chi connectivity index (χ4v) is 5.59. The van der Waals surface area contributed by atoms with E-state index in [1.807, 2.05) is 30.3 Å². The highest BCUT2D eigenvalue weighted by atomic mass is 32.2. The van der Waals surface area contributed by atoms with Gasteiger partial charge in [0.15, 0.2) is 0 Å². The molecule has 0 fully saturated rings. The molecule has 12 heteroatoms. The molecule has 0 radical (unpaired) electrons. The Labute approximate surface area is 248 Å². The van der Waals surface area contributed by atoms with Gasteiger partial charge in [0.1, 0.15) is 0 Å². The Balaban J connectivity index is 1.56. The van der Waals surface area contributed by atoms with Crippen molar-refractivity contribution in [3.05, 3.63) is 126 Å². The highest BCUT2D eigenvalue weighted by Gasteiger charge is 2.31. The lowest BCUT2D eigenvalue weighted by Gasteiger charge is -2.27. The number of nitrogens with zero attached hydrogens (tertiary/aromatic N) is 2. The van der Waals surface area contributed by atoms with Gasteiger partial charge in [-0.05, 0) is 47.9 Å². The van der Waals surface area contributed by atoms with Crippen molar-refractivity contribution in [2.75, 3.05) is 17.1 Å². The predicted octanol–water partition coefficient (Wildman–Crippen LogP) is 4.69. The molecule has 226 valence electrons. The van der Waals surface area contributed by atoms with Crippen molar-refractivity contribution in [3.63, 3.8) is 0 Å². The summed E-state index contributed by atoms with van der Waals surface area (Å²) in [6, 6.07) is 22.5. The van der Waals surface area contributed by atoms with E-state index < -0.39 is 39.8 Å². The van der Waals surface area contributed by atoms with E-state index in [1.54, 1.807) is 30.3 Å². The number of rotatable bonds is 12. The van der Waals surface area contributed by atoms with Crippen molar-refractivity contribution < 1.29 is 31.5 Å². The van der Waals surface area contributed by atoms with Crippen molar-refractivity contribution in [1.82, 2.24) is 15.6 Å². The molecule has 1 heterocycles. The third-order valence-corrected chi connectivity index (χ3v) is 7.67. The van der Waals surface area contributed by atoms with Crippen LogP contribution in [0.5, 0.6) is 0 Å². The molecule has 1 aromatic heterocycles. The first kappa shape index (κ1) is 31.7. The van der Waals surface area contributed by atoms with Crippen LogP contribution in [0.15, 0.2) is 103 Å². The van der Waals surface area contributed by atoms with Crippen molar-refractivity contribution in [2.24, 2.45) is 0 Å². The van der Waals surface area contributed by atoms with Gasteiger partial charge < -0.3 is 15.7 Å². The molecular weight excluding hydrogens is 581 g/mol. The summed E-state index contributed by atoms with van der Waals surface area (Å²) < 4.78 is 66.0. The number of aliphatic hydroxyl groups is 1. The Morgan fingerprint density at radius 1 is 0.953 bits per heavy atom. The zero-order chi connectivity index (χ0) is 31.0. The standard InChI is InChI=1S/C31H31F3N4O4S/c1-43(41,42)38(25-13-8-16-35-20-25)28-15-6-5-14-26(28)30(40)37-27(18-22-9-3-2-4-10-22)29(39)21-36-19-23-11-7-12-24(17-23)31(32,33)34/h2-17,20,27,29,36,39H,18-19,21H2,1H3,(H,37,40)/t27-,29+/m0/s1.